The van der Waals surface area contributed by atoms with Crippen LogP contribution in [0.5, 0.6) is 0 Å². The highest BCUT2D eigenvalue weighted by Gasteiger charge is 2.21. The molecule has 0 radical (unpaired) electrons. The van der Waals surface area contributed by atoms with Crippen LogP contribution < -0.4 is 10.6 Å². The molecule has 1 unspecified atom stereocenters. The molecule has 2 aromatic carbocycles. The van der Waals surface area contributed by atoms with Crippen molar-refractivity contribution in [2.75, 3.05) is 14.1 Å². The van der Waals surface area contributed by atoms with Crippen LogP contribution in [0.25, 0.3) is 0 Å². The van der Waals surface area contributed by atoms with Gasteiger partial charge in [-0.05, 0) is 36.2 Å². The highest BCUT2D eigenvalue weighted by Crippen LogP contribution is 2.25. The zero-order valence-electron chi connectivity index (χ0n) is 15.2. The van der Waals surface area contributed by atoms with Crippen LogP contribution in [0.1, 0.15) is 24.1 Å². The average molecular weight is 430 g/mol. The van der Waals surface area contributed by atoms with Crippen molar-refractivity contribution >= 4 is 39.3 Å². The first kappa shape index (κ1) is 21.5. The van der Waals surface area contributed by atoms with Gasteiger partial charge in [-0.15, -0.1) is 0 Å². The molecule has 146 valence electrons. The van der Waals surface area contributed by atoms with Crippen molar-refractivity contribution in [3.63, 3.8) is 0 Å². The van der Waals surface area contributed by atoms with E-state index in [0.717, 1.165) is 9.87 Å². The van der Waals surface area contributed by atoms with E-state index in [4.69, 9.17) is 23.2 Å². The quantitative estimate of drug-likeness (QED) is 0.732. The molecule has 9 heteroatoms. The Balaban J connectivity index is 2.05. The minimum Gasteiger partial charge on any atom is -0.334 e. The summed E-state index contributed by atoms with van der Waals surface area (Å²) >= 11 is 11.9. The number of carbonyl (C=O) groups excluding carboxylic acids is 1. The van der Waals surface area contributed by atoms with Gasteiger partial charge in [0, 0.05) is 20.6 Å². The van der Waals surface area contributed by atoms with Gasteiger partial charge in [0.05, 0.1) is 21.0 Å². The number of halogens is 2. The molecule has 2 aromatic rings. The van der Waals surface area contributed by atoms with E-state index in [0.29, 0.717) is 15.6 Å². The molecule has 0 bridgehead atoms. The van der Waals surface area contributed by atoms with Gasteiger partial charge < -0.3 is 10.6 Å². The normalized spacial score (nSPS) is 12.7. The molecule has 2 rings (SSSR count). The van der Waals surface area contributed by atoms with E-state index >= 15 is 0 Å². The Bertz CT molecular complexity index is 933. The zero-order chi connectivity index (χ0) is 20.2. The highest BCUT2D eigenvalue weighted by atomic mass is 35.5. The van der Waals surface area contributed by atoms with Gasteiger partial charge in [0.25, 0.3) is 0 Å². The molecule has 0 saturated heterocycles. The molecular formula is C18H21Cl2N3O3S. The first-order valence-electron chi connectivity index (χ1n) is 8.12. The fraction of sp³-hybridized carbons (Fsp3) is 0.278. The summed E-state index contributed by atoms with van der Waals surface area (Å²) in [6.07, 6.45) is 0. The molecular weight excluding hydrogens is 409 g/mol. The molecule has 0 aliphatic carbocycles. The van der Waals surface area contributed by atoms with Gasteiger partial charge in [0.2, 0.25) is 10.0 Å². The molecule has 2 N–H and O–H groups in total. The van der Waals surface area contributed by atoms with Gasteiger partial charge in [0.15, 0.2) is 0 Å². The largest absolute Gasteiger partial charge is 0.334 e. The Labute approximate surface area is 169 Å². The van der Waals surface area contributed by atoms with E-state index in [1.807, 2.05) is 6.92 Å². The van der Waals surface area contributed by atoms with Crippen LogP contribution in [0, 0.1) is 0 Å². The lowest BCUT2D eigenvalue weighted by Crippen LogP contribution is -2.37. The minimum atomic E-state index is -3.60. The number of hydrogen-bond acceptors (Lipinski definition) is 3. The van der Waals surface area contributed by atoms with Crippen molar-refractivity contribution in [1.82, 2.24) is 14.9 Å². The maximum Gasteiger partial charge on any atom is 0.315 e. The Kier molecular flexibility index (Phi) is 7.11. The van der Waals surface area contributed by atoms with E-state index in [-0.39, 0.29) is 17.5 Å². The van der Waals surface area contributed by atoms with Crippen LogP contribution in [0.15, 0.2) is 47.4 Å². The number of urea groups is 1. The fourth-order valence-electron chi connectivity index (χ4n) is 2.39. The molecule has 27 heavy (non-hydrogen) atoms. The van der Waals surface area contributed by atoms with E-state index in [1.165, 1.54) is 20.2 Å². The molecule has 2 amide bonds. The third-order valence-electron chi connectivity index (χ3n) is 3.96. The third kappa shape index (κ3) is 5.35. The van der Waals surface area contributed by atoms with Crippen LogP contribution in [-0.4, -0.2) is 32.8 Å². The SMILES string of the molecule is CC(NC(=O)NCc1ccccc1S(=O)(=O)N(C)C)c1ccc(Cl)c(Cl)c1. The summed E-state index contributed by atoms with van der Waals surface area (Å²) in [7, 11) is -0.669. The topological polar surface area (TPSA) is 78.5 Å². The van der Waals surface area contributed by atoms with Crippen LogP contribution in [0.4, 0.5) is 4.79 Å². The Morgan fingerprint density at radius 3 is 2.41 bits per heavy atom. The van der Waals surface area contributed by atoms with Crippen molar-refractivity contribution in [1.29, 1.82) is 0 Å². The van der Waals surface area contributed by atoms with Crippen molar-refractivity contribution in [3.8, 4) is 0 Å². The number of nitrogens with one attached hydrogen (secondary N) is 2. The van der Waals surface area contributed by atoms with Crippen molar-refractivity contribution in [2.45, 2.75) is 24.4 Å². The summed E-state index contributed by atoms with van der Waals surface area (Å²) < 4.78 is 25.9. The first-order chi connectivity index (χ1) is 12.6. The average Bonchev–Trinajstić information content (AvgIpc) is 2.62. The number of hydrogen-bond donors (Lipinski definition) is 2. The van der Waals surface area contributed by atoms with Crippen LogP contribution >= 0.6 is 23.2 Å². The molecule has 0 aromatic heterocycles. The second-order valence-corrected chi connectivity index (χ2v) is 9.05. The van der Waals surface area contributed by atoms with E-state index in [1.54, 1.807) is 36.4 Å². The number of carbonyl (C=O) groups is 1. The lowest BCUT2D eigenvalue weighted by molar-refractivity contribution is 0.237. The second kappa shape index (κ2) is 8.93. The van der Waals surface area contributed by atoms with E-state index in [2.05, 4.69) is 10.6 Å². The molecule has 0 fully saturated rings. The molecule has 1 atom stereocenters. The van der Waals surface area contributed by atoms with Crippen molar-refractivity contribution < 1.29 is 13.2 Å². The maximum absolute atomic E-state index is 12.4. The van der Waals surface area contributed by atoms with Gasteiger partial charge in [-0.2, -0.15) is 0 Å². The summed E-state index contributed by atoms with van der Waals surface area (Å²) in [5.41, 5.74) is 1.30. The summed E-state index contributed by atoms with van der Waals surface area (Å²) in [6, 6.07) is 10.9. The lowest BCUT2D eigenvalue weighted by Gasteiger charge is -2.17. The second-order valence-electron chi connectivity index (χ2n) is 6.12. The first-order valence-corrected chi connectivity index (χ1v) is 10.3. The number of nitrogens with zero attached hydrogens (tertiary/aromatic N) is 1. The third-order valence-corrected chi connectivity index (χ3v) is 6.62. The number of sulfonamides is 1. The summed E-state index contributed by atoms with van der Waals surface area (Å²) in [4.78, 5) is 12.4. The van der Waals surface area contributed by atoms with Crippen LogP contribution in [-0.2, 0) is 16.6 Å². The Hall–Kier alpha value is -1.80. The van der Waals surface area contributed by atoms with Gasteiger partial charge in [-0.3, -0.25) is 0 Å². The minimum absolute atomic E-state index is 0.0726. The molecule has 0 saturated carbocycles. The Morgan fingerprint density at radius 2 is 1.78 bits per heavy atom. The van der Waals surface area contributed by atoms with Gasteiger partial charge in [-0.25, -0.2) is 17.5 Å². The maximum atomic E-state index is 12.4. The van der Waals surface area contributed by atoms with E-state index < -0.39 is 16.1 Å². The molecule has 0 spiro atoms. The molecule has 6 nitrogen and oxygen atoms in total. The summed E-state index contributed by atoms with van der Waals surface area (Å²) in [5.74, 6) is 0. The van der Waals surface area contributed by atoms with Gasteiger partial charge in [-0.1, -0.05) is 47.5 Å². The monoisotopic (exact) mass is 429 g/mol. The molecule has 0 heterocycles. The standard InChI is InChI=1S/C18H21Cl2N3O3S/c1-12(13-8-9-15(19)16(20)10-13)22-18(24)21-11-14-6-4-5-7-17(14)27(25,26)23(2)3/h4-10,12H,11H2,1-3H3,(H2,21,22,24). The van der Waals surface area contributed by atoms with E-state index in [9.17, 15) is 13.2 Å². The number of benzene rings is 2. The zero-order valence-corrected chi connectivity index (χ0v) is 17.5. The fourth-order valence-corrected chi connectivity index (χ4v) is 3.81. The summed E-state index contributed by atoms with van der Waals surface area (Å²) in [5, 5.41) is 6.32. The van der Waals surface area contributed by atoms with Crippen molar-refractivity contribution in [3.05, 3.63) is 63.6 Å². The predicted octanol–water partition coefficient (Wildman–Crippen LogP) is 3.80. The molecule has 0 aliphatic heterocycles. The summed E-state index contributed by atoms with van der Waals surface area (Å²) in [6.45, 7) is 1.88. The van der Waals surface area contributed by atoms with Gasteiger partial charge >= 0.3 is 6.03 Å². The van der Waals surface area contributed by atoms with Crippen LogP contribution in [0.2, 0.25) is 10.0 Å². The predicted molar refractivity (Wildman–Crippen MR) is 108 cm³/mol. The highest BCUT2D eigenvalue weighted by molar-refractivity contribution is 7.89. The lowest BCUT2D eigenvalue weighted by atomic mass is 10.1. The van der Waals surface area contributed by atoms with Crippen molar-refractivity contribution in [2.24, 2.45) is 0 Å². The number of amides is 2. The molecule has 0 aliphatic rings. The Morgan fingerprint density at radius 1 is 1.11 bits per heavy atom. The smallest absolute Gasteiger partial charge is 0.315 e. The number of rotatable bonds is 6. The van der Waals surface area contributed by atoms with Gasteiger partial charge in [0.1, 0.15) is 0 Å². The van der Waals surface area contributed by atoms with Crippen LogP contribution in [0.3, 0.4) is 0 Å².